The summed E-state index contributed by atoms with van der Waals surface area (Å²) in [6.45, 7) is 3.59. The maximum Gasteiger partial charge on any atom is 0.322 e. The number of anilines is 1. The van der Waals surface area contributed by atoms with E-state index in [1.165, 1.54) is 12.1 Å². The molecule has 6 nitrogen and oxygen atoms in total. The molecule has 0 aliphatic carbocycles. The van der Waals surface area contributed by atoms with Gasteiger partial charge in [0.15, 0.2) is 0 Å². The standard InChI is InChI=1S/C14H18FN3O3/c1-10-2-3-12(11(15)8-10)16-14(21)18-6-4-17(5-7-18)9-13(19)20/h2-3,8H,4-7,9H2,1H3,(H,16,21)(H,19,20). The summed E-state index contributed by atoms with van der Waals surface area (Å²) in [5.74, 6) is -1.34. The van der Waals surface area contributed by atoms with Gasteiger partial charge in [0.25, 0.3) is 0 Å². The van der Waals surface area contributed by atoms with Crippen LogP contribution in [0.5, 0.6) is 0 Å². The minimum absolute atomic E-state index is 0.0257. The average Bonchev–Trinajstić information content (AvgIpc) is 2.42. The zero-order valence-electron chi connectivity index (χ0n) is 11.8. The number of aliphatic carboxylic acids is 1. The molecule has 1 aliphatic heterocycles. The molecule has 1 aliphatic rings. The molecule has 1 saturated heterocycles. The lowest BCUT2D eigenvalue weighted by Crippen LogP contribution is -2.51. The van der Waals surface area contributed by atoms with Crippen LogP contribution in [0.1, 0.15) is 5.56 Å². The number of hydrogen-bond donors (Lipinski definition) is 2. The maximum absolute atomic E-state index is 13.7. The number of carboxylic acids is 1. The van der Waals surface area contributed by atoms with E-state index < -0.39 is 11.8 Å². The molecule has 0 atom stereocenters. The summed E-state index contributed by atoms with van der Waals surface area (Å²) in [7, 11) is 0. The number of amides is 2. The largest absolute Gasteiger partial charge is 0.480 e. The van der Waals surface area contributed by atoms with Gasteiger partial charge in [0.05, 0.1) is 12.2 Å². The number of carbonyl (C=O) groups is 2. The van der Waals surface area contributed by atoms with Crippen LogP contribution >= 0.6 is 0 Å². The first-order chi connectivity index (χ1) is 9.95. The van der Waals surface area contributed by atoms with Crippen molar-refractivity contribution in [2.45, 2.75) is 6.92 Å². The van der Waals surface area contributed by atoms with Crippen molar-refractivity contribution in [3.63, 3.8) is 0 Å². The van der Waals surface area contributed by atoms with Gasteiger partial charge in [-0.3, -0.25) is 9.69 Å². The lowest BCUT2D eigenvalue weighted by atomic mass is 10.2. The zero-order chi connectivity index (χ0) is 15.4. The van der Waals surface area contributed by atoms with Gasteiger partial charge in [-0.1, -0.05) is 6.07 Å². The predicted molar refractivity (Wildman–Crippen MR) is 75.8 cm³/mol. The van der Waals surface area contributed by atoms with Crippen LogP contribution in [-0.2, 0) is 4.79 Å². The highest BCUT2D eigenvalue weighted by molar-refractivity contribution is 5.89. The van der Waals surface area contributed by atoms with Crippen molar-refractivity contribution in [3.8, 4) is 0 Å². The van der Waals surface area contributed by atoms with E-state index in [0.29, 0.717) is 26.2 Å². The summed E-state index contributed by atoms with van der Waals surface area (Å²) in [5.41, 5.74) is 0.936. The van der Waals surface area contributed by atoms with E-state index in [4.69, 9.17) is 5.11 Å². The molecule has 0 aromatic heterocycles. The van der Waals surface area contributed by atoms with Gasteiger partial charge in [0, 0.05) is 26.2 Å². The van der Waals surface area contributed by atoms with E-state index in [2.05, 4.69) is 5.32 Å². The van der Waals surface area contributed by atoms with Crippen LogP contribution in [0.2, 0.25) is 0 Å². The summed E-state index contributed by atoms with van der Waals surface area (Å²) < 4.78 is 13.7. The Kier molecular flexibility index (Phi) is 4.74. The number of aryl methyl sites for hydroxylation is 1. The molecule has 0 saturated carbocycles. The number of carboxylic acid groups (broad SMARTS) is 1. The summed E-state index contributed by atoms with van der Waals surface area (Å²) in [4.78, 5) is 26.0. The van der Waals surface area contributed by atoms with Gasteiger partial charge in [-0.2, -0.15) is 0 Å². The van der Waals surface area contributed by atoms with Gasteiger partial charge in [0.2, 0.25) is 0 Å². The van der Waals surface area contributed by atoms with Crippen molar-refractivity contribution in [1.29, 1.82) is 0 Å². The second-order valence-corrected chi connectivity index (χ2v) is 5.07. The fraction of sp³-hybridized carbons (Fsp3) is 0.429. The van der Waals surface area contributed by atoms with E-state index in [-0.39, 0.29) is 18.3 Å². The maximum atomic E-state index is 13.7. The van der Waals surface area contributed by atoms with Crippen molar-refractivity contribution in [2.24, 2.45) is 0 Å². The number of benzene rings is 1. The predicted octanol–water partition coefficient (Wildman–Crippen LogP) is 1.37. The first-order valence-electron chi connectivity index (χ1n) is 6.72. The third kappa shape index (κ3) is 4.16. The van der Waals surface area contributed by atoms with Crippen LogP contribution in [-0.4, -0.2) is 59.6 Å². The fourth-order valence-electron chi connectivity index (χ4n) is 2.22. The highest BCUT2D eigenvalue weighted by atomic mass is 19.1. The van der Waals surface area contributed by atoms with Crippen LogP contribution in [0.15, 0.2) is 18.2 Å². The normalized spacial score (nSPS) is 15.8. The molecule has 0 bridgehead atoms. The highest BCUT2D eigenvalue weighted by Gasteiger charge is 2.22. The average molecular weight is 295 g/mol. The molecule has 7 heteroatoms. The Hall–Kier alpha value is -2.15. The quantitative estimate of drug-likeness (QED) is 0.883. The summed E-state index contributed by atoms with van der Waals surface area (Å²) in [5, 5.41) is 11.3. The second-order valence-electron chi connectivity index (χ2n) is 5.07. The third-order valence-electron chi connectivity index (χ3n) is 3.38. The Morgan fingerprint density at radius 1 is 1.29 bits per heavy atom. The van der Waals surface area contributed by atoms with Gasteiger partial charge in [-0.05, 0) is 24.6 Å². The topological polar surface area (TPSA) is 72.9 Å². The van der Waals surface area contributed by atoms with E-state index in [1.807, 2.05) is 0 Å². The Morgan fingerprint density at radius 3 is 2.52 bits per heavy atom. The number of urea groups is 1. The monoisotopic (exact) mass is 295 g/mol. The summed E-state index contributed by atoms with van der Waals surface area (Å²) in [6, 6.07) is 4.25. The number of halogens is 1. The Bertz CT molecular complexity index is 542. The number of carbonyl (C=O) groups excluding carboxylic acids is 1. The first-order valence-corrected chi connectivity index (χ1v) is 6.72. The molecule has 1 aromatic rings. The van der Waals surface area contributed by atoms with Gasteiger partial charge < -0.3 is 15.3 Å². The van der Waals surface area contributed by atoms with Gasteiger partial charge >= 0.3 is 12.0 Å². The van der Waals surface area contributed by atoms with Gasteiger partial charge in [-0.25, -0.2) is 9.18 Å². The van der Waals surface area contributed by atoms with Crippen molar-refractivity contribution >= 4 is 17.7 Å². The second kappa shape index (κ2) is 6.53. The zero-order valence-corrected chi connectivity index (χ0v) is 11.8. The van der Waals surface area contributed by atoms with Crippen LogP contribution < -0.4 is 5.32 Å². The SMILES string of the molecule is Cc1ccc(NC(=O)N2CCN(CC(=O)O)CC2)c(F)c1. The minimum atomic E-state index is -0.880. The molecule has 1 aromatic carbocycles. The molecular weight excluding hydrogens is 277 g/mol. The number of rotatable bonds is 3. The molecule has 0 spiro atoms. The van der Waals surface area contributed by atoms with Gasteiger partial charge in [0.1, 0.15) is 5.82 Å². The van der Waals surface area contributed by atoms with Crippen molar-refractivity contribution in [3.05, 3.63) is 29.6 Å². The van der Waals surface area contributed by atoms with Crippen LogP contribution in [0.3, 0.4) is 0 Å². The molecule has 114 valence electrons. The summed E-state index contributed by atoms with van der Waals surface area (Å²) >= 11 is 0. The third-order valence-corrected chi connectivity index (χ3v) is 3.38. The number of hydrogen-bond acceptors (Lipinski definition) is 3. The van der Waals surface area contributed by atoms with Gasteiger partial charge in [-0.15, -0.1) is 0 Å². The Labute approximate surface area is 122 Å². The first kappa shape index (κ1) is 15.2. The van der Waals surface area contributed by atoms with Crippen molar-refractivity contribution in [1.82, 2.24) is 9.80 Å². The molecule has 2 amide bonds. The lowest BCUT2D eigenvalue weighted by Gasteiger charge is -2.33. The van der Waals surface area contributed by atoms with Crippen LogP contribution in [0, 0.1) is 12.7 Å². The number of piperazine rings is 1. The molecular formula is C14H18FN3O3. The molecule has 1 fully saturated rings. The van der Waals surface area contributed by atoms with Crippen LogP contribution in [0.25, 0.3) is 0 Å². The Morgan fingerprint density at radius 2 is 1.95 bits per heavy atom. The van der Waals surface area contributed by atoms with E-state index in [0.717, 1.165) is 5.56 Å². The van der Waals surface area contributed by atoms with E-state index >= 15 is 0 Å². The van der Waals surface area contributed by atoms with Crippen molar-refractivity contribution < 1.29 is 19.1 Å². The highest BCUT2D eigenvalue weighted by Crippen LogP contribution is 2.16. The Balaban J connectivity index is 1.89. The van der Waals surface area contributed by atoms with Crippen molar-refractivity contribution in [2.75, 3.05) is 38.0 Å². The fourth-order valence-corrected chi connectivity index (χ4v) is 2.22. The number of nitrogens with one attached hydrogen (secondary N) is 1. The van der Waals surface area contributed by atoms with E-state index in [9.17, 15) is 14.0 Å². The molecule has 0 radical (unpaired) electrons. The molecule has 21 heavy (non-hydrogen) atoms. The summed E-state index contributed by atoms with van der Waals surface area (Å²) in [6.07, 6.45) is 0. The van der Waals surface area contributed by atoms with E-state index in [1.54, 1.807) is 22.8 Å². The molecule has 2 N–H and O–H groups in total. The molecule has 1 heterocycles. The van der Waals surface area contributed by atoms with Crippen LogP contribution in [0.4, 0.5) is 14.9 Å². The number of nitrogens with zero attached hydrogens (tertiary/aromatic N) is 2. The molecule has 0 unspecified atom stereocenters. The molecule has 2 rings (SSSR count). The minimum Gasteiger partial charge on any atom is -0.480 e. The lowest BCUT2D eigenvalue weighted by molar-refractivity contribution is -0.138. The smallest absolute Gasteiger partial charge is 0.322 e.